The van der Waals surface area contributed by atoms with E-state index in [9.17, 15) is 9.59 Å². The molecule has 7 heteroatoms. The van der Waals surface area contributed by atoms with Crippen molar-refractivity contribution in [1.29, 1.82) is 0 Å². The fourth-order valence-electron chi connectivity index (χ4n) is 2.40. The van der Waals surface area contributed by atoms with Crippen molar-refractivity contribution in [1.82, 2.24) is 15.5 Å². The van der Waals surface area contributed by atoms with E-state index in [1.54, 1.807) is 12.1 Å². The van der Waals surface area contributed by atoms with E-state index in [4.69, 9.17) is 4.52 Å². The van der Waals surface area contributed by atoms with Crippen LogP contribution >= 0.6 is 0 Å². The summed E-state index contributed by atoms with van der Waals surface area (Å²) in [6.07, 6.45) is 0.607. The molecule has 0 aliphatic carbocycles. The zero-order valence-electron chi connectivity index (χ0n) is 14.0. The van der Waals surface area contributed by atoms with E-state index in [0.717, 1.165) is 5.56 Å². The van der Waals surface area contributed by atoms with Crippen LogP contribution in [0.25, 0.3) is 0 Å². The lowest BCUT2D eigenvalue weighted by atomic mass is 9.96. The molecule has 0 radical (unpaired) electrons. The van der Waals surface area contributed by atoms with Gasteiger partial charge in [-0.3, -0.25) is 9.59 Å². The highest BCUT2D eigenvalue weighted by molar-refractivity contribution is 6.00. The van der Waals surface area contributed by atoms with Crippen molar-refractivity contribution in [3.63, 3.8) is 0 Å². The number of carbonyl (C=O) groups is 2. The van der Waals surface area contributed by atoms with Gasteiger partial charge in [0, 0.05) is 36.1 Å². The number of hydrogen-bond donors (Lipinski definition) is 2. The van der Waals surface area contributed by atoms with E-state index in [1.807, 2.05) is 26.8 Å². The Labute approximate surface area is 139 Å². The summed E-state index contributed by atoms with van der Waals surface area (Å²) in [5, 5.41) is 9.47. The van der Waals surface area contributed by atoms with Crippen molar-refractivity contribution < 1.29 is 14.1 Å². The van der Waals surface area contributed by atoms with Crippen molar-refractivity contribution in [2.24, 2.45) is 0 Å². The molecule has 2 N–H and O–H groups in total. The van der Waals surface area contributed by atoms with Crippen LogP contribution in [-0.2, 0) is 23.2 Å². The maximum Gasteiger partial charge on any atom is 0.251 e. The van der Waals surface area contributed by atoms with Gasteiger partial charge in [-0.25, -0.2) is 0 Å². The number of nitrogens with one attached hydrogen (secondary N) is 2. The van der Waals surface area contributed by atoms with Crippen LogP contribution in [0, 0.1) is 0 Å². The van der Waals surface area contributed by atoms with Crippen LogP contribution in [0.5, 0.6) is 0 Å². The minimum atomic E-state index is -0.186. The Balaban J connectivity index is 1.57. The third-order valence-corrected chi connectivity index (χ3v) is 3.78. The lowest BCUT2D eigenvalue weighted by Crippen LogP contribution is -2.15. The van der Waals surface area contributed by atoms with Gasteiger partial charge in [-0.1, -0.05) is 32.0 Å². The SMILES string of the molecule is CC(C)(C)c1noc(CCC(=O)Nc2ccc3c(c2)C(=O)NC3)n1. The standard InChI is InChI=1S/C17H20N4O3/c1-17(2,3)16-20-14(24-21-16)7-6-13(22)19-11-5-4-10-9-18-15(23)12(10)8-11/h4-5,8H,6-7,9H2,1-3H3,(H,18,23)(H,19,22). The molecule has 0 saturated heterocycles. The largest absolute Gasteiger partial charge is 0.348 e. The average molecular weight is 328 g/mol. The third kappa shape index (κ3) is 3.45. The van der Waals surface area contributed by atoms with Gasteiger partial charge in [0.1, 0.15) is 0 Å². The topological polar surface area (TPSA) is 97.1 Å². The monoisotopic (exact) mass is 328 g/mol. The van der Waals surface area contributed by atoms with E-state index in [-0.39, 0.29) is 23.7 Å². The summed E-state index contributed by atoms with van der Waals surface area (Å²) in [7, 11) is 0. The van der Waals surface area contributed by atoms with Gasteiger partial charge in [0.25, 0.3) is 5.91 Å². The van der Waals surface area contributed by atoms with E-state index in [2.05, 4.69) is 20.8 Å². The van der Waals surface area contributed by atoms with Gasteiger partial charge in [-0.15, -0.1) is 0 Å². The first kappa shape index (κ1) is 16.2. The van der Waals surface area contributed by atoms with Gasteiger partial charge >= 0.3 is 0 Å². The first-order valence-corrected chi connectivity index (χ1v) is 7.87. The Morgan fingerprint density at radius 2 is 2.17 bits per heavy atom. The van der Waals surface area contributed by atoms with Gasteiger partial charge in [0.05, 0.1) is 0 Å². The molecule has 2 heterocycles. The Hall–Kier alpha value is -2.70. The second kappa shape index (κ2) is 6.07. The van der Waals surface area contributed by atoms with E-state index in [0.29, 0.717) is 35.9 Å². The minimum Gasteiger partial charge on any atom is -0.348 e. The first-order valence-electron chi connectivity index (χ1n) is 7.87. The molecule has 0 bridgehead atoms. The number of aryl methyl sites for hydroxylation is 1. The molecule has 1 aromatic carbocycles. The molecule has 1 aliphatic heterocycles. The quantitative estimate of drug-likeness (QED) is 0.896. The molecule has 0 fully saturated rings. The number of aromatic nitrogens is 2. The van der Waals surface area contributed by atoms with Gasteiger partial charge in [0.15, 0.2) is 5.82 Å². The molecule has 3 rings (SSSR count). The van der Waals surface area contributed by atoms with Crippen LogP contribution in [0.4, 0.5) is 5.69 Å². The summed E-state index contributed by atoms with van der Waals surface area (Å²) in [5.41, 5.74) is 1.98. The molecular weight excluding hydrogens is 308 g/mol. The molecule has 2 aromatic rings. The number of hydrogen-bond acceptors (Lipinski definition) is 5. The summed E-state index contributed by atoms with van der Waals surface area (Å²) in [4.78, 5) is 28.0. The van der Waals surface area contributed by atoms with Crippen LogP contribution in [0.3, 0.4) is 0 Å². The predicted octanol–water partition coefficient (Wildman–Crippen LogP) is 2.18. The molecule has 7 nitrogen and oxygen atoms in total. The highest BCUT2D eigenvalue weighted by Gasteiger charge is 2.21. The number of benzene rings is 1. The molecular formula is C17H20N4O3. The molecule has 0 spiro atoms. The molecule has 1 aromatic heterocycles. The third-order valence-electron chi connectivity index (χ3n) is 3.78. The summed E-state index contributed by atoms with van der Waals surface area (Å²) in [5.74, 6) is 0.802. The molecule has 1 aliphatic rings. The van der Waals surface area contributed by atoms with Crippen molar-refractivity contribution in [3.8, 4) is 0 Å². The zero-order valence-corrected chi connectivity index (χ0v) is 14.0. The van der Waals surface area contributed by atoms with Crippen molar-refractivity contribution in [2.45, 2.75) is 45.6 Å². The number of carbonyl (C=O) groups excluding carboxylic acids is 2. The average Bonchev–Trinajstić information content (AvgIpc) is 3.13. The van der Waals surface area contributed by atoms with Gasteiger partial charge in [-0.2, -0.15) is 4.98 Å². The number of anilines is 1. The Bertz CT molecular complexity index is 789. The van der Waals surface area contributed by atoms with Crippen LogP contribution in [-0.4, -0.2) is 22.0 Å². The summed E-state index contributed by atoms with van der Waals surface area (Å²) in [6, 6.07) is 5.33. The number of fused-ring (bicyclic) bond motifs is 1. The normalized spacial score (nSPS) is 13.5. The van der Waals surface area contributed by atoms with Crippen LogP contribution < -0.4 is 10.6 Å². The van der Waals surface area contributed by atoms with E-state index < -0.39 is 0 Å². The maximum atomic E-state index is 12.1. The molecule has 24 heavy (non-hydrogen) atoms. The van der Waals surface area contributed by atoms with Crippen molar-refractivity contribution >= 4 is 17.5 Å². The van der Waals surface area contributed by atoms with Crippen molar-refractivity contribution in [3.05, 3.63) is 41.0 Å². The van der Waals surface area contributed by atoms with Gasteiger partial charge in [0.2, 0.25) is 11.8 Å². The molecule has 0 atom stereocenters. The van der Waals surface area contributed by atoms with E-state index in [1.165, 1.54) is 0 Å². The summed E-state index contributed by atoms with van der Waals surface area (Å²) in [6.45, 7) is 6.53. The van der Waals surface area contributed by atoms with E-state index >= 15 is 0 Å². The number of nitrogens with zero attached hydrogens (tertiary/aromatic N) is 2. The lowest BCUT2D eigenvalue weighted by molar-refractivity contribution is -0.116. The van der Waals surface area contributed by atoms with Crippen LogP contribution in [0.1, 0.15) is 54.8 Å². The minimum absolute atomic E-state index is 0.110. The molecule has 0 unspecified atom stereocenters. The highest BCUT2D eigenvalue weighted by atomic mass is 16.5. The van der Waals surface area contributed by atoms with Crippen LogP contribution in [0.15, 0.2) is 22.7 Å². The second-order valence-electron chi connectivity index (χ2n) is 6.86. The summed E-state index contributed by atoms with van der Waals surface area (Å²) >= 11 is 0. The fraction of sp³-hybridized carbons (Fsp3) is 0.412. The van der Waals surface area contributed by atoms with Gasteiger partial charge < -0.3 is 15.2 Å². The Morgan fingerprint density at radius 3 is 2.88 bits per heavy atom. The van der Waals surface area contributed by atoms with Crippen molar-refractivity contribution in [2.75, 3.05) is 5.32 Å². The number of amides is 2. The first-order chi connectivity index (χ1) is 11.3. The lowest BCUT2D eigenvalue weighted by Gasteiger charge is -2.10. The predicted molar refractivity (Wildman–Crippen MR) is 87.6 cm³/mol. The molecule has 126 valence electrons. The maximum absolute atomic E-state index is 12.1. The summed E-state index contributed by atoms with van der Waals surface area (Å²) < 4.78 is 5.17. The second-order valence-corrected chi connectivity index (χ2v) is 6.86. The van der Waals surface area contributed by atoms with Crippen LogP contribution in [0.2, 0.25) is 0 Å². The number of rotatable bonds is 4. The zero-order chi connectivity index (χ0) is 17.3. The highest BCUT2D eigenvalue weighted by Crippen LogP contribution is 2.21. The molecule has 0 saturated carbocycles. The Morgan fingerprint density at radius 1 is 1.38 bits per heavy atom. The smallest absolute Gasteiger partial charge is 0.251 e. The van der Waals surface area contributed by atoms with Gasteiger partial charge in [-0.05, 0) is 17.7 Å². The Kier molecular flexibility index (Phi) is 4.09. The fourth-order valence-corrected chi connectivity index (χ4v) is 2.40. The molecule has 2 amide bonds.